The Bertz CT molecular complexity index is 514. The van der Waals surface area contributed by atoms with Crippen LogP contribution in [0.4, 0.5) is 0 Å². The number of hydrogen-bond donors (Lipinski definition) is 1. The van der Waals surface area contributed by atoms with Gasteiger partial charge >= 0.3 is 0 Å². The van der Waals surface area contributed by atoms with E-state index in [1.165, 1.54) is 42.5 Å². The van der Waals surface area contributed by atoms with Crippen molar-refractivity contribution >= 4 is 11.3 Å². The molecular formula is C19H25NS. The lowest BCUT2D eigenvalue weighted by Crippen LogP contribution is -2.31. The van der Waals surface area contributed by atoms with Crippen molar-refractivity contribution in [2.75, 3.05) is 0 Å². The van der Waals surface area contributed by atoms with Crippen LogP contribution in [0.2, 0.25) is 0 Å². The van der Waals surface area contributed by atoms with E-state index < -0.39 is 0 Å². The van der Waals surface area contributed by atoms with Gasteiger partial charge in [0.15, 0.2) is 0 Å². The van der Waals surface area contributed by atoms with Crippen molar-refractivity contribution in [1.82, 2.24) is 5.32 Å². The maximum Gasteiger partial charge on any atom is 0.0391 e. The molecule has 2 heteroatoms. The molecule has 3 rings (SSSR count). The van der Waals surface area contributed by atoms with Crippen LogP contribution in [0.1, 0.15) is 61.6 Å². The van der Waals surface area contributed by atoms with Crippen molar-refractivity contribution in [2.45, 2.75) is 51.1 Å². The monoisotopic (exact) mass is 299 g/mol. The smallest absolute Gasteiger partial charge is 0.0391 e. The van der Waals surface area contributed by atoms with Crippen molar-refractivity contribution < 1.29 is 0 Å². The van der Waals surface area contributed by atoms with Crippen LogP contribution in [0, 0.1) is 5.92 Å². The van der Waals surface area contributed by atoms with Gasteiger partial charge in [0, 0.05) is 17.0 Å². The van der Waals surface area contributed by atoms with Crippen molar-refractivity contribution in [3.8, 4) is 0 Å². The second-order valence-corrected chi connectivity index (χ2v) is 7.17. The molecule has 0 aliphatic heterocycles. The molecule has 112 valence electrons. The lowest BCUT2D eigenvalue weighted by molar-refractivity contribution is 0.258. The molecule has 1 aromatic heterocycles. The van der Waals surface area contributed by atoms with E-state index in [-0.39, 0.29) is 0 Å². The molecule has 2 atom stereocenters. The number of hydrogen-bond acceptors (Lipinski definition) is 2. The van der Waals surface area contributed by atoms with Gasteiger partial charge in [-0.2, -0.15) is 0 Å². The first-order valence-electron chi connectivity index (χ1n) is 8.19. The SMILES string of the molecule is CC(NC(c1ccccc1)C1CCCCC1)c1cccs1. The third-order valence-electron chi connectivity index (χ3n) is 4.68. The van der Waals surface area contributed by atoms with Gasteiger partial charge in [-0.05, 0) is 42.7 Å². The van der Waals surface area contributed by atoms with Gasteiger partial charge in [0.2, 0.25) is 0 Å². The molecule has 0 saturated heterocycles. The van der Waals surface area contributed by atoms with Crippen LogP contribution in [0.15, 0.2) is 47.8 Å². The Kier molecular flexibility index (Phi) is 5.10. The number of thiophene rings is 1. The minimum atomic E-state index is 0.428. The molecule has 0 amide bonds. The fourth-order valence-corrected chi connectivity index (χ4v) is 4.27. The van der Waals surface area contributed by atoms with Gasteiger partial charge in [0.1, 0.15) is 0 Å². The van der Waals surface area contributed by atoms with Gasteiger partial charge in [0.25, 0.3) is 0 Å². The van der Waals surface area contributed by atoms with Crippen LogP contribution in [0.25, 0.3) is 0 Å². The summed E-state index contributed by atoms with van der Waals surface area (Å²) < 4.78 is 0. The number of rotatable bonds is 5. The molecule has 1 N–H and O–H groups in total. The lowest BCUT2D eigenvalue weighted by atomic mass is 9.81. The van der Waals surface area contributed by atoms with E-state index in [2.05, 4.69) is 60.1 Å². The first-order valence-corrected chi connectivity index (χ1v) is 9.07. The summed E-state index contributed by atoms with van der Waals surface area (Å²) >= 11 is 1.85. The van der Waals surface area contributed by atoms with Crippen LogP contribution in [0.5, 0.6) is 0 Å². The summed E-state index contributed by atoms with van der Waals surface area (Å²) in [6, 6.07) is 16.3. The van der Waals surface area contributed by atoms with E-state index in [1.54, 1.807) is 0 Å². The average Bonchev–Trinajstić information content (AvgIpc) is 3.09. The van der Waals surface area contributed by atoms with Gasteiger partial charge in [-0.1, -0.05) is 55.7 Å². The molecule has 1 aliphatic rings. The molecule has 1 fully saturated rings. The predicted molar refractivity (Wildman–Crippen MR) is 91.6 cm³/mol. The predicted octanol–water partition coefficient (Wildman–Crippen LogP) is 5.72. The molecule has 0 spiro atoms. The van der Waals surface area contributed by atoms with Crippen LogP contribution in [0.3, 0.4) is 0 Å². The van der Waals surface area contributed by atoms with Crippen molar-refractivity contribution in [1.29, 1.82) is 0 Å². The zero-order valence-corrected chi connectivity index (χ0v) is 13.6. The van der Waals surface area contributed by atoms with Crippen LogP contribution < -0.4 is 5.32 Å². The summed E-state index contributed by atoms with van der Waals surface area (Å²) in [4.78, 5) is 1.44. The summed E-state index contributed by atoms with van der Waals surface area (Å²) in [5, 5.41) is 6.09. The summed E-state index contributed by atoms with van der Waals surface area (Å²) in [7, 11) is 0. The minimum Gasteiger partial charge on any atom is -0.302 e. The molecule has 1 aliphatic carbocycles. The second kappa shape index (κ2) is 7.24. The highest BCUT2D eigenvalue weighted by molar-refractivity contribution is 7.10. The standard InChI is InChI=1S/C19H25NS/c1-15(18-13-8-14-21-18)20-19(16-9-4-2-5-10-16)17-11-6-3-7-12-17/h2,4-5,8-10,13-15,17,19-20H,3,6-7,11-12H2,1H3. The Morgan fingerprint density at radius 1 is 1.00 bits per heavy atom. The molecule has 1 saturated carbocycles. The van der Waals surface area contributed by atoms with E-state index >= 15 is 0 Å². The van der Waals surface area contributed by atoms with Gasteiger partial charge in [-0.25, -0.2) is 0 Å². The summed E-state index contributed by atoms with van der Waals surface area (Å²) in [6.07, 6.45) is 6.93. The quantitative estimate of drug-likeness (QED) is 0.744. The third-order valence-corrected chi connectivity index (χ3v) is 5.73. The second-order valence-electron chi connectivity index (χ2n) is 6.19. The summed E-state index contributed by atoms with van der Waals surface area (Å²) in [5.41, 5.74) is 1.45. The average molecular weight is 299 g/mol. The van der Waals surface area contributed by atoms with Crippen LogP contribution in [-0.4, -0.2) is 0 Å². The highest BCUT2D eigenvalue weighted by atomic mass is 32.1. The Hall–Kier alpha value is -1.12. The lowest BCUT2D eigenvalue weighted by Gasteiger charge is -2.33. The molecule has 1 nitrogen and oxygen atoms in total. The normalized spacial score (nSPS) is 19.3. The Balaban J connectivity index is 1.78. The first kappa shape index (κ1) is 14.8. The molecule has 21 heavy (non-hydrogen) atoms. The maximum absolute atomic E-state index is 3.92. The molecule has 1 aromatic carbocycles. The van der Waals surface area contributed by atoms with Crippen LogP contribution >= 0.6 is 11.3 Å². The van der Waals surface area contributed by atoms with E-state index in [1.807, 2.05) is 11.3 Å². The van der Waals surface area contributed by atoms with Gasteiger partial charge in [-0.3, -0.25) is 0 Å². The fraction of sp³-hybridized carbons (Fsp3) is 0.474. The topological polar surface area (TPSA) is 12.0 Å². The van der Waals surface area contributed by atoms with Gasteiger partial charge in [0.05, 0.1) is 0 Å². The highest BCUT2D eigenvalue weighted by Crippen LogP contribution is 2.36. The minimum absolute atomic E-state index is 0.428. The molecule has 0 bridgehead atoms. The van der Waals surface area contributed by atoms with E-state index in [0.29, 0.717) is 12.1 Å². The number of nitrogens with one attached hydrogen (secondary N) is 1. The van der Waals surface area contributed by atoms with Gasteiger partial charge in [-0.15, -0.1) is 11.3 Å². The van der Waals surface area contributed by atoms with Crippen molar-refractivity contribution in [3.63, 3.8) is 0 Å². The van der Waals surface area contributed by atoms with Crippen LogP contribution in [-0.2, 0) is 0 Å². The largest absolute Gasteiger partial charge is 0.302 e. The zero-order valence-electron chi connectivity index (χ0n) is 12.8. The third kappa shape index (κ3) is 3.75. The first-order chi connectivity index (χ1) is 10.3. The zero-order chi connectivity index (χ0) is 14.5. The Morgan fingerprint density at radius 3 is 2.43 bits per heavy atom. The van der Waals surface area contributed by atoms with E-state index in [9.17, 15) is 0 Å². The molecule has 0 radical (unpaired) electrons. The Morgan fingerprint density at radius 2 is 1.76 bits per heavy atom. The molecule has 2 unspecified atom stereocenters. The molecule has 1 heterocycles. The summed E-state index contributed by atoms with van der Waals surface area (Å²) in [6.45, 7) is 2.30. The molecular weight excluding hydrogens is 274 g/mol. The highest BCUT2D eigenvalue weighted by Gasteiger charge is 2.26. The molecule has 2 aromatic rings. The van der Waals surface area contributed by atoms with E-state index in [0.717, 1.165) is 5.92 Å². The van der Waals surface area contributed by atoms with Crippen molar-refractivity contribution in [3.05, 3.63) is 58.3 Å². The Labute approximate surface area is 132 Å². The van der Waals surface area contributed by atoms with E-state index in [4.69, 9.17) is 0 Å². The summed E-state index contributed by atoms with van der Waals surface area (Å²) in [5.74, 6) is 0.781. The van der Waals surface area contributed by atoms with Gasteiger partial charge < -0.3 is 5.32 Å². The number of benzene rings is 1. The maximum atomic E-state index is 3.92. The van der Waals surface area contributed by atoms with Crippen molar-refractivity contribution in [2.24, 2.45) is 5.92 Å². The fourth-order valence-electron chi connectivity index (χ4n) is 3.52.